The van der Waals surface area contributed by atoms with Crippen molar-refractivity contribution in [2.24, 2.45) is 4.99 Å². The highest BCUT2D eigenvalue weighted by molar-refractivity contribution is 8.18. The van der Waals surface area contributed by atoms with Crippen LogP contribution in [-0.2, 0) is 9.59 Å². The Hall–Kier alpha value is -2.80. The minimum atomic E-state index is -0.248. The van der Waals surface area contributed by atoms with Gasteiger partial charge in [0.15, 0.2) is 5.17 Å². The zero-order valence-electron chi connectivity index (χ0n) is 14.9. The second-order valence-electron chi connectivity index (χ2n) is 6.37. The minimum Gasteiger partial charge on any atom is -0.457 e. The summed E-state index contributed by atoms with van der Waals surface area (Å²) < 4.78 is 5.85. The lowest BCUT2D eigenvalue weighted by Crippen LogP contribution is -2.49. The Labute approximate surface area is 161 Å². The second kappa shape index (κ2) is 7.44. The third-order valence-electron chi connectivity index (χ3n) is 4.56. The Bertz CT molecular complexity index is 925. The molecule has 2 aliphatic heterocycles. The molecule has 138 valence electrons. The average molecular weight is 381 g/mol. The third kappa shape index (κ3) is 3.83. The summed E-state index contributed by atoms with van der Waals surface area (Å²) in [5.74, 6) is 1.22. The highest BCUT2D eigenvalue weighted by atomic mass is 32.2. The molecule has 0 bridgehead atoms. The largest absolute Gasteiger partial charge is 0.457 e. The topological polar surface area (TPSA) is 66.1 Å². The molecule has 2 aromatic rings. The van der Waals surface area contributed by atoms with Gasteiger partial charge in [-0.1, -0.05) is 30.3 Å². The van der Waals surface area contributed by atoms with Gasteiger partial charge in [-0.3, -0.25) is 9.59 Å². The summed E-state index contributed by atoms with van der Waals surface area (Å²) in [7, 11) is 0. The zero-order valence-corrected chi connectivity index (χ0v) is 15.7. The molecule has 6 nitrogen and oxygen atoms in total. The normalized spacial score (nSPS) is 18.9. The molecule has 0 spiro atoms. The molecule has 2 amide bonds. The molecule has 0 atom stereocenters. The number of furan rings is 1. The first-order valence-corrected chi connectivity index (χ1v) is 9.60. The standard InChI is InChI=1S/C20H19N3O3S/c1-14(24)22-9-11-23(12-10-22)20-21-19(25)18(27-20)13-16-7-8-17(26-16)15-5-3-2-4-6-15/h2-8,13H,9-12H2,1H3/b18-13+. The monoisotopic (exact) mass is 381 g/mol. The molecule has 0 radical (unpaired) electrons. The van der Waals surface area contributed by atoms with Gasteiger partial charge < -0.3 is 14.2 Å². The lowest BCUT2D eigenvalue weighted by atomic mass is 10.2. The number of nitrogens with zero attached hydrogens (tertiary/aromatic N) is 3. The summed E-state index contributed by atoms with van der Waals surface area (Å²) in [6.07, 6.45) is 1.74. The number of aliphatic imine (C=N–C) groups is 1. The van der Waals surface area contributed by atoms with Crippen molar-refractivity contribution in [3.8, 4) is 11.3 Å². The molecular weight excluding hydrogens is 362 g/mol. The third-order valence-corrected chi connectivity index (χ3v) is 5.61. The van der Waals surface area contributed by atoms with Crippen LogP contribution < -0.4 is 0 Å². The molecule has 27 heavy (non-hydrogen) atoms. The van der Waals surface area contributed by atoms with Gasteiger partial charge in [0.05, 0.1) is 4.91 Å². The number of hydrogen-bond donors (Lipinski definition) is 0. The zero-order chi connectivity index (χ0) is 18.8. The van der Waals surface area contributed by atoms with Crippen LogP contribution >= 0.6 is 11.8 Å². The van der Waals surface area contributed by atoms with Crippen molar-refractivity contribution in [3.05, 3.63) is 53.1 Å². The Balaban J connectivity index is 1.44. The number of hydrogen-bond acceptors (Lipinski definition) is 5. The smallest absolute Gasteiger partial charge is 0.286 e. The van der Waals surface area contributed by atoms with Crippen molar-refractivity contribution in [2.75, 3.05) is 26.2 Å². The van der Waals surface area contributed by atoms with E-state index in [2.05, 4.69) is 9.89 Å². The van der Waals surface area contributed by atoms with Crippen LogP contribution in [0.2, 0.25) is 0 Å². The number of amides is 2. The van der Waals surface area contributed by atoms with Gasteiger partial charge in [0.1, 0.15) is 11.5 Å². The van der Waals surface area contributed by atoms with E-state index in [4.69, 9.17) is 4.42 Å². The Morgan fingerprint density at radius 1 is 1.11 bits per heavy atom. The van der Waals surface area contributed by atoms with Gasteiger partial charge in [0.25, 0.3) is 5.91 Å². The van der Waals surface area contributed by atoms with Crippen LogP contribution in [0.4, 0.5) is 0 Å². The maximum Gasteiger partial charge on any atom is 0.286 e. The Morgan fingerprint density at radius 2 is 1.85 bits per heavy atom. The summed E-state index contributed by atoms with van der Waals surface area (Å²) in [5.41, 5.74) is 0.993. The maximum atomic E-state index is 12.3. The van der Waals surface area contributed by atoms with Gasteiger partial charge >= 0.3 is 0 Å². The van der Waals surface area contributed by atoms with E-state index in [1.165, 1.54) is 11.8 Å². The van der Waals surface area contributed by atoms with Crippen LogP contribution in [0, 0.1) is 0 Å². The predicted molar refractivity (Wildman–Crippen MR) is 106 cm³/mol. The highest BCUT2D eigenvalue weighted by Crippen LogP contribution is 2.32. The van der Waals surface area contributed by atoms with E-state index in [-0.39, 0.29) is 11.8 Å². The number of piperazine rings is 1. The van der Waals surface area contributed by atoms with E-state index in [1.54, 1.807) is 13.0 Å². The fourth-order valence-electron chi connectivity index (χ4n) is 3.06. The Morgan fingerprint density at radius 3 is 2.56 bits per heavy atom. The molecule has 0 saturated carbocycles. The number of thioether (sulfide) groups is 1. The number of carbonyl (C=O) groups is 2. The molecule has 0 unspecified atom stereocenters. The van der Waals surface area contributed by atoms with E-state index < -0.39 is 0 Å². The first-order valence-electron chi connectivity index (χ1n) is 8.78. The lowest BCUT2D eigenvalue weighted by Gasteiger charge is -2.34. The number of amidine groups is 1. The number of carbonyl (C=O) groups excluding carboxylic acids is 2. The van der Waals surface area contributed by atoms with Crippen molar-refractivity contribution in [3.63, 3.8) is 0 Å². The van der Waals surface area contributed by atoms with Gasteiger partial charge in [-0.15, -0.1) is 0 Å². The molecule has 1 aromatic heterocycles. The highest BCUT2D eigenvalue weighted by Gasteiger charge is 2.29. The minimum absolute atomic E-state index is 0.0827. The van der Waals surface area contributed by atoms with Crippen LogP contribution in [0.1, 0.15) is 12.7 Å². The number of rotatable bonds is 2. The SMILES string of the molecule is CC(=O)N1CCN(C2=NC(=O)/C(=C\c3ccc(-c4ccccc4)o3)S2)CC1. The summed E-state index contributed by atoms with van der Waals surface area (Å²) in [6.45, 7) is 4.26. The van der Waals surface area contributed by atoms with Crippen LogP contribution in [0.5, 0.6) is 0 Å². The van der Waals surface area contributed by atoms with E-state index in [9.17, 15) is 9.59 Å². The predicted octanol–water partition coefficient (Wildman–Crippen LogP) is 3.08. The van der Waals surface area contributed by atoms with E-state index in [0.717, 1.165) is 11.3 Å². The van der Waals surface area contributed by atoms with Crippen LogP contribution in [-0.4, -0.2) is 53.0 Å². The van der Waals surface area contributed by atoms with Crippen molar-refractivity contribution >= 4 is 34.8 Å². The molecule has 0 N–H and O–H groups in total. The number of benzene rings is 1. The fraction of sp³-hybridized carbons (Fsp3) is 0.250. The average Bonchev–Trinajstić information content (AvgIpc) is 3.30. The summed E-state index contributed by atoms with van der Waals surface area (Å²) in [5, 5.41) is 0.698. The first kappa shape index (κ1) is 17.6. The van der Waals surface area contributed by atoms with E-state index in [0.29, 0.717) is 42.0 Å². The van der Waals surface area contributed by atoms with Gasteiger partial charge in [0, 0.05) is 44.7 Å². The summed E-state index contributed by atoms with van der Waals surface area (Å²) in [4.78, 5) is 32.3. The summed E-state index contributed by atoms with van der Waals surface area (Å²) in [6, 6.07) is 13.6. The Kier molecular flexibility index (Phi) is 4.85. The van der Waals surface area contributed by atoms with Gasteiger partial charge in [-0.2, -0.15) is 4.99 Å². The van der Waals surface area contributed by atoms with Gasteiger partial charge in [0.2, 0.25) is 5.91 Å². The first-order chi connectivity index (χ1) is 13.1. The van der Waals surface area contributed by atoms with E-state index in [1.807, 2.05) is 47.4 Å². The van der Waals surface area contributed by atoms with Gasteiger partial charge in [-0.25, -0.2) is 0 Å². The van der Waals surface area contributed by atoms with E-state index >= 15 is 0 Å². The second-order valence-corrected chi connectivity index (χ2v) is 7.38. The molecule has 7 heteroatoms. The van der Waals surface area contributed by atoms with Crippen molar-refractivity contribution < 1.29 is 14.0 Å². The van der Waals surface area contributed by atoms with Crippen LogP contribution in [0.25, 0.3) is 17.4 Å². The molecule has 1 saturated heterocycles. The summed E-state index contributed by atoms with van der Waals surface area (Å²) >= 11 is 1.36. The molecule has 1 fully saturated rings. The molecular formula is C20H19N3O3S. The van der Waals surface area contributed by atoms with Gasteiger partial charge in [-0.05, 0) is 23.9 Å². The van der Waals surface area contributed by atoms with Crippen molar-refractivity contribution in [2.45, 2.75) is 6.92 Å². The maximum absolute atomic E-state index is 12.3. The quantitative estimate of drug-likeness (QED) is 0.748. The molecule has 4 rings (SSSR count). The molecule has 3 heterocycles. The lowest BCUT2D eigenvalue weighted by molar-refractivity contribution is -0.130. The van der Waals surface area contributed by atoms with Crippen molar-refractivity contribution in [1.82, 2.24) is 9.80 Å². The molecule has 1 aromatic carbocycles. The molecule has 0 aliphatic carbocycles. The molecule has 2 aliphatic rings. The fourth-order valence-corrected chi connectivity index (χ4v) is 4.01. The van der Waals surface area contributed by atoms with Crippen LogP contribution in [0.15, 0.2) is 56.8 Å². The van der Waals surface area contributed by atoms with Crippen LogP contribution in [0.3, 0.4) is 0 Å². The van der Waals surface area contributed by atoms with Crippen molar-refractivity contribution in [1.29, 1.82) is 0 Å².